The predicted octanol–water partition coefficient (Wildman–Crippen LogP) is 23.6. The van der Waals surface area contributed by atoms with Gasteiger partial charge >= 0.3 is 39.5 Å². The lowest BCUT2D eigenvalue weighted by molar-refractivity contribution is -0.161. The van der Waals surface area contributed by atoms with Crippen LogP contribution in [0.2, 0.25) is 0 Å². The zero-order valence-electron chi connectivity index (χ0n) is 63.9. The third kappa shape index (κ3) is 72.4. The summed E-state index contributed by atoms with van der Waals surface area (Å²) < 4.78 is 68.6. The maximum Gasteiger partial charge on any atom is 0.472 e. The summed E-state index contributed by atoms with van der Waals surface area (Å²) in [5, 5.41) is 10.6. The van der Waals surface area contributed by atoms with E-state index in [1.807, 2.05) is 0 Å². The van der Waals surface area contributed by atoms with Gasteiger partial charge in [0.15, 0.2) is 12.2 Å². The lowest BCUT2D eigenvalue weighted by atomic mass is 10.0. The minimum Gasteiger partial charge on any atom is -0.462 e. The molecule has 0 rings (SSSR count). The Hall–Kier alpha value is -1.94. The van der Waals surface area contributed by atoms with Crippen LogP contribution in [0.25, 0.3) is 0 Å². The summed E-state index contributed by atoms with van der Waals surface area (Å²) >= 11 is 0. The Morgan fingerprint density at radius 3 is 0.694 bits per heavy atom. The smallest absolute Gasteiger partial charge is 0.462 e. The summed E-state index contributed by atoms with van der Waals surface area (Å²) in [5.74, 6) is -1.31. The number of aliphatic hydroxyl groups excluding tert-OH is 1. The van der Waals surface area contributed by atoms with Gasteiger partial charge in [-0.1, -0.05) is 369 Å². The Morgan fingerprint density at radius 1 is 0.276 bits per heavy atom. The molecule has 0 radical (unpaired) electrons. The Morgan fingerprint density at radius 2 is 0.469 bits per heavy atom. The number of ether oxygens (including phenoxy) is 4. The van der Waals surface area contributed by atoms with E-state index in [1.165, 1.54) is 244 Å². The summed E-state index contributed by atoms with van der Waals surface area (Å²) in [7, 11) is -9.91. The molecule has 19 heteroatoms. The van der Waals surface area contributed by atoms with E-state index < -0.39 is 97.5 Å². The molecule has 2 unspecified atom stereocenters. The molecule has 0 aliphatic heterocycles. The van der Waals surface area contributed by atoms with E-state index in [0.717, 1.165) is 95.8 Å². The van der Waals surface area contributed by atoms with Gasteiger partial charge in [-0.05, 0) is 31.6 Å². The lowest BCUT2D eigenvalue weighted by Crippen LogP contribution is -2.30. The molecule has 0 spiro atoms. The van der Waals surface area contributed by atoms with Crippen molar-refractivity contribution in [2.45, 2.75) is 438 Å². The molecular formula is C79H154O17P2. The molecule has 0 saturated carbocycles. The number of esters is 4. The highest BCUT2D eigenvalue weighted by atomic mass is 31.2. The molecule has 17 nitrogen and oxygen atoms in total. The molecule has 0 aromatic rings. The molecule has 98 heavy (non-hydrogen) atoms. The van der Waals surface area contributed by atoms with Crippen molar-refractivity contribution >= 4 is 39.5 Å². The van der Waals surface area contributed by atoms with E-state index in [0.29, 0.717) is 25.7 Å². The third-order valence-electron chi connectivity index (χ3n) is 18.5. The van der Waals surface area contributed by atoms with Crippen LogP contribution in [0.3, 0.4) is 0 Å². The van der Waals surface area contributed by atoms with Crippen LogP contribution in [0.5, 0.6) is 0 Å². The Bertz CT molecular complexity index is 1870. The predicted molar refractivity (Wildman–Crippen MR) is 400 cm³/mol. The van der Waals surface area contributed by atoms with Gasteiger partial charge in [0.1, 0.15) is 19.3 Å². The highest BCUT2D eigenvalue weighted by molar-refractivity contribution is 7.47. The van der Waals surface area contributed by atoms with Crippen molar-refractivity contribution in [2.75, 3.05) is 39.6 Å². The zero-order valence-corrected chi connectivity index (χ0v) is 65.7. The number of aliphatic hydroxyl groups is 1. The number of rotatable bonds is 79. The van der Waals surface area contributed by atoms with Gasteiger partial charge in [0.2, 0.25) is 0 Å². The van der Waals surface area contributed by atoms with Gasteiger partial charge in [-0.25, -0.2) is 9.13 Å². The second-order valence-corrected chi connectivity index (χ2v) is 31.8. The normalized spacial score (nSPS) is 13.9. The van der Waals surface area contributed by atoms with Gasteiger partial charge in [-0.2, -0.15) is 0 Å². The molecule has 3 N–H and O–H groups in total. The van der Waals surface area contributed by atoms with Crippen LogP contribution in [0, 0.1) is 5.92 Å². The SMILES string of the molecule is CCCCCCCCCCCCCCCCCCCC(=O)OC[C@H](COP(=O)(O)OC[C@@H](O)COP(=O)(O)OC[C@@H](COC(=O)CCCCCCCCCCC)OC(=O)CCCCCCCCCCCCCCCCC)OC(=O)CCCCCCCCCCCCCCCCC(C)C. The van der Waals surface area contributed by atoms with E-state index in [4.69, 9.17) is 37.0 Å². The second kappa shape index (κ2) is 72.0. The Balaban J connectivity index is 5.22. The maximum absolute atomic E-state index is 13.1. The summed E-state index contributed by atoms with van der Waals surface area (Å²) in [4.78, 5) is 72.9. The van der Waals surface area contributed by atoms with Crippen molar-refractivity contribution in [1.29, 1.82) is 0 Å². The molecule has 0 fully saturated rings. The van der Waals surface area contributed by atoms with Crippen molar-refractivity contribution in [1.82, 2.24) is 0 Å². The van der Waals surface area contributed by atoms with Gasteiger partial charge in [0.05, 0.1) is 26.4 Å². The molecule has 0 heterocycles. The van der Waals surface area contributed by atoms with Crippen LogP contribution in [-0.4, -0.2) is 96.7 Å². The van der Waals surface area contributed by atoms with E-state index >= 15 is 0 Å². The van der Waals surface area contributed by atoms with Gasteiger partial charge in [-0.15, -0.1) is 0 Å². The van der Waals surface area contributed by atoms with Gasteiger partial charge < -0.3 is 33.8 Å². The van der Waals surface area contributed by atoms with Crippen molar-refractivity contribution in [3.05, 3.63) is 0 Å². The molecule has 0 saturated heterocycles. The molecule has 0 aromatic carbocycles. The molecule has 5 atom stereocenters. The number of phosphoric ester groups is 2. The molecule has 0 aromatic heterocycles. The van der Waals surface area contributed by atoms with Crippen molar-refractivity contribution < 1.29 is 80.2 Å². The van der Waals surface area contributed by atoms with Crippen molar-refractivity contribution in [3.8, 4) is 0 Å². The van der Waals surface area contributed by atoms with Crippen LogP contribution in [0.4, 0.5) is 0 Å². The number of hydrogen-bond donors (Lipinski definition) is 3. The van der Waals surface area contributed by atoms with Gasteiger partial charge in [0.25, 0.3) is 0 Å². The number of hydrogen-bond acceptors (Lipinski definition) is 15. The summed E-state index contributed by atoms with van der Waals surface area (Å²) in [5.41, 5.74) is 0. The first-order chi connectivity index (χ1) is 47.5. The minimum absolute atomic E-state index is 0.108. The van der Waals surface area contributed by atoms with Crippen LogP contribution >= 0.6 is 15.6 Å². The van der Waals surface area contributed by atoms with Crippen LogP contribution in [-0.2, 0) is 65.4 Å². The fourth-order valence-corrected chi connectivity index (χ4v) is 13.8. The summed E-state index contributed by atoms with van der Waals surface area (Å²) in [6.45, 7) is 7.33. The van der Waals surface area contributed by atoms with Crippen LogP contribution in [0.1, 0.15) is 420 Å². The highest BCUT2D eigenvalue weighted by Gasteiger charge is 2.30. The van der Waals surface area contributed by atoms with Gasteiger partial charge in [-0.3, -0.25) is 37.3 Å². The highest BCUT2D eigenvalue weighted by Crippen LogP contribution is 2.45. The first-order valence-electron chi connectivity index (χ1n) is 41.1. The largest absolute Gasteiger partial charge is 0.472 e. The average molecular weight is 1440 g/mol. The minimum atomic E-state index is -4.96. The van der Waals surface area contributed by atoms with E-state index in [2.05, 4.69) is 34.6 Å². The number of carbonyl (C=O) groups excluding carboxylic acids is 4. The zero-order chi connectivity index (χ0) is 71.9. The molecular weight excluding hydrogens is 1280 g/mol. The van der Waals surface area contributed by atoms with Crippen LogP contribution < -0.4 is 0 Å². The standard InChI is InChI=1S/C79H154O17P2/c1-6-9-12-15-18-21-23-25-27-28-30-34-38-43-48-53-58-63-77(82)90-69-75(96-79(84)65-60-55-50-45-40-36-32-31-33-37-42-46-51-56-61-72(4)5)71-94-98(87,88)92-67-73(80)66-91-97(85,86)93-70-74(68-89-76(81)62-57-52-47-41-20-17-14-11-8-3)95-78(83)64-59-54-49-44-39-35-29-26-24-22-19-16-13-10-7-2/h72-75,80H,6-71H2,1-5H3,(H,85,86)(H,87,88)/t73-,74+,75+/m0/s1. The molecule has 582 valence electrons. The Kier molecular flexibility index (Phi) is 70.6. The average Bonchev–Trinajstić information content (AvgIpc) is 1.37. The maximum atomic E-state index is 13.1. The number of unbranched alkanes of at least 4 members (excludes halogenated alkanes) is 51. The molecule has 0 amide bonds. The fraction of sp³-hybridized carbons (Fsp3) is 0.949. The van der Waals surface area contributed by atoms with Gasteiger partial charge in [0, 0.05) is 25.7 Å². The second-order valence-electron chi connectivity index (χ2n) is 28.9. The molecule has 0 aliphatic carbocycles. The summed E-state index contributed by atoms with van der Waals surface area (Å²) in [6, 6.07) is 0. The Labute approximate surface area is 600 Å². The fourth-order valence-electron chi connectivity index (χ4n) is 12.2. The molecule has 0 bridgehead atoms. The quantitative estimate of drug-likeness (QED) is 0.0222. The summed E-state index contributed by atoms with van der Waals surface area (Å²) in [6.07, 6.45) is 62.3. The van der Waals surface area contributed by atoms with E-state index in [-0.39, 0.29) is 25.7 Å². The van der Waals surface area contributed by atoms with Crippen LogP contribution in [0.15, 0.2) is 0 Å². The third-order valence-corrected chi connectivity index (χ3v) is 20.4. The monoisotopic (exact) mass is 1440 g/mol. The van der Waals surface area contributed by atoms with E-state index in [9.17, 15) is 43.2 Å². The first-order valence-corrected chi connectivity index (χ1v) is 44.1. The number of phosphoric acid groups is 2. The topological polar surface area (TPSA) is 237 Å². The number of carbonyl (C=O) groups is 4. The van der Waals surface area contributed by atoms with Crippen molar-refractivity contribution in [2.24, 2.45) is 5.92 Å². The van der Waals surface area contributed by atoms with E-state index in [1.54, 1.807) is 0 Å². The lowest BCUT2D eigenvalue weighted by Gasteiger charge is -2.21. The van der Waals surface area contributed by atoms with Crippen molar-refractivity contribution in [3.63, 3.8) is 0 Å². The molecule has 0 aliphatic rings. The first kappa shape index (κ1) is 96.1.